The molecule has 1 N–H and O–H groups in total. The normalized spacial score (nSPS) is 10.9. The number of imidazole rings is 1. The number of nitrogens with zero attached hydrogens (tertiary/aromatic N) is 1. The molecule has 0 aliphatic heterocycles. The number of aromatic nitrogens is 2. The van der Waals surface area contributed by atoms with Crippen LogP contribution in [0.3, 0.4) is 0 Å². The molecule has 0 spiro atoms. The number of rotatable bonds is 2. The van der Waals surface area contributed by atoms with Gasteiger partial charge in [0.05, 0.1) is 28.9 Å². The molecule has 1 aromatic heterocycles. The van der Waals surface area contributed by atoms with Crippen molar-refractivity contribution in [2.45, 2.75) is 0 Å². The van der Waals surface area contributed by atoms with Gasteiger partial charge in [0.25, 0.3) is 0 Å². The molecule has 1 heterocycles. The zero-order valence-corrected chi connectivity index (χ0v) is 12.8. The monoisotopic (exact) mass is 324 g/mol. The molecule has 0 atom stereocenters. The van der Waals surface area contributed by atoms with Crippen molar-refractivity contribution in [2.24, 2.45) is 0 Å². The molecular weight excluding hydrogens is 315 g/mol. The van der Waals surface area contributed by atoms with Gasteiger partial charge in [0.2, 0.25) is 0 Å². The molecular formula is C14H10Cl2N2OS. The summed E-state index contributed by atoms with van der Waals surface area (Å²) in [6.07, 6.45) is 0. The lowest BCUT2D eigenvalue weighted by Gasteiger charge is -2.08. The number of methoxy groups -OCH3 is 1. The van der Waals surface area contributed by atoms with Crippen molar-refractivity contribution in [1.82, 2.24) is 9.55 Å². The quantitative estimate of drug-likeness (QED) is 0.672. The fourth-order valence-corrected chi connectivity index (χ4v) is 2.87. The average Bonchev–Trinajstić information content (AvgIpc) is 2.73. The third-order valence-electron chi connectivity index (χ3n) is 3.04. The van der Waals surface area contributed by atoms with Gasteiger partial charge >= 0.3 is 0 Å². The molecule has 0 amide bonds. The number of aromatic amines is 1. The maximum Gasteiger partial charge on any atom is 0.182 e. The van der Waals surface area contributed by atoms with E-state index in [1.807, 2.05) is 41.0 Å². The minimum absolute atomic E-state index is 0.537. The van der Waals surface area contributed by atoms with Crippen LogP contribution < -0.4 is 4.74 Å². The number of hydrogen-bond acceptors (Lipinski definition) is 2. The second-order valence-electron chi connectivity index (χ2n) is 4.25. The Morgan fingerprint density at radius 2 is 1.95 bits per heavy atom. The van der Waals surface area contributed by atoms with Crippen LogP contribution in [-0.2, 0) is 0 Å². The maximum absolute atomic E-state index is 6.17. The zero-order valence-electron chi connectivity index (χ0n) is 10.5. The fraction of sp³-hybridized carbons (Fsp3) is 0.0714. The third-order valence-corrected chi connectivity index (χ3v) is 3.85. The van der Waals surface area contributed by atoms with Crippen LogP contribution in [0.4, 0.5) is 0 Å². The number of ether oxygens (including phenoxy) is 1. The highest BCUT2D eigenvalue weighted by Gasteiger charge is 2.09. The van der Waals surface area contributed by atoms with Gasteiger partial charge in [0.15, 0.2) is 4.77 Å². The van der Waals surface area contributed by atoms with Crippen LogP contribution in [0.25, 0.3) is 16.7 Å². The third kappa shape index (κ3) is 2.20. The number of H-pyrrole nitrogens is 1. The Morgan fingerprint density at radius 1 is 1.15 bits per heavy atom. The van der Waals surface area contributed by atoms with E-state index in [0.29, 0.717) is 20.6 Å². The van der Waals surface area contributed by atoms with E-state index in [0.717, 1.165) is 16.7 Å². The number of halogens is 2. The molecule has 2 aromatic carbocycles. The average molecular weight is 325 g/mol. The molecule has 0 aliphatic rings. The highest BCUT2D eigenvalue weighted by Crippen LogP contribution is 2.29. The van der Waals surface area contributed by atoms with Gasteiger partial charge in [-0.25, -0.2) is 0 Å². The summed E-state index contributed by atoms with van der Waals surface area (Å²) >= 11 is 17.5. The molecule has 102 valence electrons. The molecule has 0 radical (unpaired) electrons. The van der Waals surface area contributed by atoms with E-state index in [9.17, 15) is 0 Å². The molecule has 3 rings (SSSR count). The Labute approximate surface area is 130 Å². The Hall–Kier alpha value is -1.49. The van der Waals surface area contributed by atoms with Crippen molar-refractivity contribution in [3.8, 4) is 11.4 Å². The summed E-state index contributed by atoms with van der Waals surface area (Å²) in [7, 11) is 1.58. The molecule has 0 aliphatic carbocycles. The van der Waals surface area contributed by atoms with Crippen molar-refractivity contribution in [3.63, 3.8) is 0 Å². The van der Waals surface area contributed by atoms with Gasteiger partial charge < -0.3 is 9.72 Å². The smallest absolute Gasteiger partial charge is 0.182 e. The second-order valence-corrected chi connectivity index (χ2v) is 5.48. The maximum atomic E-state index is 6.17. The van der Waals surface area contributed by atoms with E-state index in [2.05, 4.69) is 4.98 Å². The first-order chi connectivity index (χ1) is 9.60. The Bertz CT molecular complexity index is 854. The van der Waals surface area contributed by atoms with Crippen molar-refractivity contribution in [3.05, 3.63) is 51.2 Å². The van der Waals surface area contributed by atoms with Gasteiger partial charge in [0.1, 0.15) is 5.75 Å². The predicted octanol–water partition coefficient (Wildman–Crippen LogP) is 5.00. The molecule has 0 fully saturated rings. The van der Waals surface area contributed by atoms with E-state index in [1.54, 1.807) is 7.11 Å². The van der Waals surface area contributed by atoms with Crippen LogP contribution in [0.15, 0.2) is 36.4 Å². The van der Waals surface area contributed by atoms with Crippen LogP contribution in [0, 0.1) is 4.77 Å². The van der Waals surface area contributed by atoms with E-state index in [-0.39, 0.29) is 0 Å². The highest BCUT2D eigenvalue weighted by molar-refractivity contribution is 7.71. The molecule has 6 heteroatoms. The van der Waals surface area contributed by atoms with E-state index in [4.69, 9.17) is 40.2 Å². The van der Waals surface area contributed by atoms with Crippen molar-refractivity contribution in [1.29, 1.82) is 0 Å². The summed E-state index contributed by atoms with van der Waals surface area (Å²) in [5, 5.41) is 1.20. The van der Waals surface area contributed by atoms with E-state index >= 15 is 0 Å². The molecule has 0 bridgehead atoms. The minimum Gasteiger partial charge on any atom is -0.495 e. The molecule has 0 saturated carbocycles. The summed E-state index contributed by atoms with van der Waals surface area (Å²) < 4.78 is 7.65. The van der Waals surface area contributed by atoms with Gasteiger partial charge in [-0.15, -0.1) is 0 Å². The first kappa shape index (κ1) is 13.5. The predicted molar refractivity (Wildman–Crippen MR) is 85.0 cm³/mol. The summed E-state index contributed by atoms with van der Waals surface area (Å²) in [6.45, 7) is 0. The fourth-order valence-electron chi connectivity index (χ4n) is 2.13. The molecule has 3 nitrogen and oxygen atoms in total. The Balaban J connectivity index is 2.26. The largest absolute Gasteiger partial charge is 0.495 e. The number of hydrogen-bond donors (Lipinski definition) is 1. The standard InChI is InChI=1S/C14H10Cl2N2OS/c1-19-13-5-3-9(7-10(13)16)18-12-4-2-8(15)6-11(12)17-14(18)20/h2-7H,1H3,(H,17,20). The first-order valence-electron chi connectivity index (χ1n) is 5.84. The number of benzene rings is 2. The molecule has 0 unspecified atom stereocenters. The topological polar surface area (TPSA) is 29.9 Å². The Morgan fingerprint density at radius 3 is 2.65 bits per heavy atom. The van der Waals surface area contributed by atoms with Gasteiger partial charge in [-0.3, -0.25) is 4.57 Å². The SMILES string of the molecule is COc1ccc(-n2c(=S)[nH]c3cc(Cl)ccc32)cc1Cl. The van der Waals surface area contributed by atoms with Crippen LogP contribution in [-0.4, -0.2) is 16.7 Å². The van der Waals surface area contributed by atoms with Gasteiger partial charge in [-0.05, 0) is 48.6 Å². The van der Waals surface area contributed by atoms with Crippen LogP contribution in [0.1, 0.15) is 0 Å². The van der Waals surface area contributed by atoms with Crippen molar-refractivity contribution >= 4 is 46.5 Å². The van der Waals surface area contributed by atoms with Gasteiger partial charge in [0, 0.05) is 5.02 Å². The highest BCUT2D eigenvalue weighted by atomic mass is 35.5. The minimum atomic E-state index is 0.537. The van der Waals surface area contributed by atoms with Crippen molar-refractivity contribution in [2.75, 3.05) is 7.11 Å². The van der Waals surface area contributed by atoms with Gasteiger partial charge in [-0.2, -0.15) is 0 Å². The lowest BCUT2D eigenvalue weighted by atomic mass is 10.2. The van der Waals surface area contributed by atoms with Gasteiger partial charge in [-0.1, -0.05) is 23.2 Å². The molecule has 20 heavy (non-hydrogen) atoms. The van der Waals surface area contributed by atoms with E-state index < -0.39 is 0 Å². The number of fused-ring (bicyclic) bond motifs is 1. The second kappa shape index (κ2) is 5.13. The van der Waals surface area contributed by atoms with Crippen LogP contribution in [0.2, 0.25) is 10.0 Å². The molecule has 3 aromatic rings. The lowest BCUT2D eigenvalue weighted by molar-refractivity contribution is 0.415. The summed E-state index contributed by atoms with van der Waals surface area (Å²) in [5.41, 5.74) is 2.70. The summed E-state index contributed by atoms with van der Waals surface area (Å²) in [6, 6.07) is 11.1. The summed E-state index contributed by atoms with van der Waals surface area (Å²) in [5.74, 6) is 0.629. The molecule has 0 saturated heterocycles. The van der Waals surface area contributed by atoms with E-state index in [1.165, 1.54) is 0 Å². The van der Waals surface area contributed by atoms with Crippen molar-refractivity contribution < 1.29 is 4.74 Å². The lowest BCUT2D eigenvalue weighted by Crippen LogP contribution is -1.94. The van der Waals surface area contributed by atoms with Crippen LogP contribution >= 0.6 is 35.4 Å². The summed E-state index contributed by atoms with van der Waals surface area (Å²) in [4.78, 5) is 3.13. The Kier molecular flexibility index (Phi) is 3.46. The zero-order chi connectivity index (χ0) is 14.3. The van der Waals surface area contributed by atoms with Crippen LogP contribution in [0.5, 0.6) is 5.75 Å². The number of nitrogens with one attached hydrogen (secondary N) is 1. The first-order valence-corrected chi connectivity index (χ1v) is 7.01.